The van der Waals surface area contributed by atoms with E-state index in [0.717, 1.165) is 26.9 Å². The van der Waals surface area contributed by atoms with E-state index in [1.165, 1.54) is 11.3 Å². The summed E-state index contributed by atoms with van der Waals surface area (Å²) in [5, 5.41) is 16.4. The maximum atomic E-state index is 12.7. The molecule has 136 valence electrons. The van der Waals surface area contributed by atoms with Gasteiger partial charge in [0.15, 0.2) is 0 Å². The van der Waals surface area contributed by atoms with E-state index in [1.54, 1.807) is 11.8 Å². The number of nitrogens with zero attached hydrogens (tertiary/aromatic N) is 3. The molecule has 3 rings (SSSR count). The summed E-state index contributed by atoms with van der Waals surface area (Å²) in [5.74, 6) is 1.61. The van der Waals surface area contributed by atoms with Gasteiger partial charge >= 0.3 is 0 Å². The van der Waals surface area contributed by atoms with Gasteiger partial charge in [-0.25, -0.2) is 0 Å². The number of aryl methyl sites for hydroxylation is 2. The van der Waals surface area contributed by atoms with Crippen LogP contribution in [0.15, 0.2) is 33.7 Å². The van der Waals surface area contributed by atoms with Gasteiger partial charge < -0.3 is 4.52 Å². The van der Waals surface area contributed by atoms with Crippen molar-refractivity contribution in [2.24, 2.45) is 0 Å². The number of hydrogen-bond acceptors (Lipinski definition) is 7. The van der Waals surface area contributed by atoms with Crippen LogP contribution in [0, 0.1) is 13.8 Å². The Balaban J connectivity index is 1.74. The quantitative estimate of drug-likeness (QED) is 0.610. The largest absolute Gasteiger partial charge is 0.361 e. The molecule has 0 saturated heterocycles. The van der Waals surface area contributed by atoms with E-state index in [4.69, 9.17) is 4.52 Å². The van der Waals surface area contributed by atoms with Gasteiger partial charge in [-0.15, -0.1) is 22.0 Å². The Labute approximate surface area is 160 Å². The van der Waals surface area contributed by atoms with Crippen LogP contribution in [-0.4, -0.2) is 21.3 Å². The molecule has 0 bridgehead atoms. The number of nitrogens with one attached hydrogen (secondary N) is 1. The summed E-state index contributed by atoms with van der Waals surface area (Å²) in [6.45, 7) is 7.92. The van der Waals surface area contributed by atoms with Crippen molar-refractivity contribution in [1.29, 1.82) is 0 Å². The number of hydrogen-bond donors (Lipinski definition) is 1. The second-order valence-electron chi connectivity index (χ2n) is 6.14. The Bertz CT molecular complexity index is 898. The molecule has 0 fully saturated rings. The number of anilines is 1. The summed E-state index contributed by atoms with van der Waals surface area (Å²) in [7, 11) is 0. The molecule has 1 amide bonds. The van der Waals surface area contributed by atoms with Crippen LogP contribution in [0.25, 0.3) is 0 Å². The maximum Gasteiger partial charge on any atom is 0.258 e. The van der Waals surface area contributed by atoms with Gasteiger partial charge in [-0.2, -0.15) is 0 Å². The normalized spacial score (nSPS) is 11.1. The predicted molar refractivity (Wildman–Crippen MR) is 104 cm³/mol. The zero-order valence-corrected chi connectivity index (χ0v) is 16.7. The zero-order chi connectivity index (χ0) is 18.7. The number of thioether (sulfide) groups is 1. The van der Waals surface area contributed by atoms with Crippen LogP contribution < -0.4 is 5.32 Å². The Kier molecular flexibility index (Phi) is 5.73. The third-order valence-electron chi connectivity index (χ3n) is 3.84. The fourth-order valence-electron chi connectivity index (χ4n) is 2.32. The first-order valence-electron chi connectivity index (χ1n) is 8.24. The first kappa shape index (κ1) is 18.6. The fraction of sp³-hybridized carbons (Fsp3) is 0.333. The van der Waals surface area contributed by atoms with Crippen molar-refractivity contribution in [3.05, 3.63) is 51.9 Å². The number of amides is 1. The number of benzene rings is 1. The third-order valence-corrected chi connectivity index (χ3v) is 6.08. The Morgan fingerprint density at radius 3 is 2.69 bits per heavy atom. The van der Waals surface area contributed by atoms with Crippen molar-refractivity contribution < 1.29 is 9.32 Å². The molecule has 2 heterocycles. The lowest BCUT2D eigenvalue weighted by molar-refractivity contribution is 0.102. The third kappa shape index (κ3) is 4.13. The molecule has 0 aliphatic rings. The molecule has 6 nitrogen and oxygen atoms in total. The summed E-state index contributed by atoms with van der Waals surface area (Å²) in [6.07, 6.45) is 0. The Hall–Kier alpha value is -2.19. The lowest BCUT2D eigenvalue weighted by Crippen LogP contribution is -2.12. The van der Waals surface area contributed by atoms with Gasteiger partial charge in [-0.05, 0) is 26.0 Å². The molecule has 2 aromatic heterocycles. The molecule has 0 unspecified atom stereocenters. The van der Waals surface area contributed by atoms with Crippen molar-refractivity contribution in [1.82, 2.24) is 15.4 Å². The van der Waals surface area contributed by atoms with E-state index in [1.807, 2.05) is 52.0 Å². The van der Waals surface area contributed by atoms with Crippen molar-refractivity contribution in [2.75, 3.05) is 5.32 Å². The zero-order valence-electron chi connectivity index (χ0n) is 15.1. The van der Waals surface area contributed by atoms with E-state index < -0.39 is 0 Å². The van der Waals surface area contributed by atoms with E-state index in [2.05, 4.69) is 20.7 Å². The van der Waals surface area contributed by atoms with Crippen LogP contribution in [0.2, 0.25) is 0 Å². The molecule has 0 radical (unpaired) electrons. The molecule has 0 atom stereocenters. The molecule has 1 aromatic carbocycles. The second-order valence-corrected chi connectivity index (χ2v) is 8.17. The molecular weight excluding hydrogens is 368 g/mol. The first-order valence-corrected chi connectivity index (χ1v) is 10.0. The summed E-state index contributed by atoms with van der Waals surface area (Å²) >= 11 is 2.99. The van der Waals surface area contributed by atoms with Gasteiger partial charge in [-0.3, -0.25) is 10.1 Å². The summed E-state index contributed by atoms with van der Waals surface area (Å²) in [6, 6.07) is 7.54. The monoisotopic (exact) mass is 388 g/mol. The molecule has 0 saturated carbocycles. The fourth-order valence-corrected chi connectivity index (χ4v) is 4.26. The minimum absolute atomic E-state index is 0.182. The molecule has 0 aliphatic heterocycles. The molecule has 0 spiro atoms. The summed E-state index contributed by atoms with van der Waals surface area (Å²) in [4.78, 5) is 13.6. The molecular formula is C18H20N4O2S2. The number of carbonyl (C=O) groups excluding carboxylic acids is 1. The number of carbonyl (C=O) groups is 1. The predicted octanol–water partition coefficient (Wildman–Crippen LogP) is 4.81. The van der Waals surface area contributed by atoms with Gasteiger partial charge in [0.05, 0.1) is 11.3 Å². The molecule has 26 heavy (non-hydrogen) atoms. The smallest absolute Gasteiger partial charge is 0.258 e. The molecule has 8 heteroatoms. The lowest BCUT2D eigenvalue weighted by Gasteiger charge is -2.08. The highest BCUT2D eigenvalue weighted by Gasteiger charge is 2.16. The first-order chi connectivity index (χ1) is 12.5. The standard InChI is InChI=1S/C18H20N4O2S2/c1-10(2)17-20-21-18(26-17)19-16(23)13-7-5-6-8-15(13)25-9-14-11(3)22-24-12(14)4/h5-8,10H,9H2,1-4H3,(H,19,21,23). The van der Waals surface area contributed by atoms with E-state index in [-0.39, 0.29) is 11.8 Å². The molecule has 0 aliphatic carbocycles. The van der Waals surface area contributed by atoms with E-state index in [0.29, 0.717) is 16.4 Å². The van der Waals surface area contributed by atoms with Crippen LogP contribution in [-0.2, 0) is 5.75 Å². The van der Waals surface area contributed by atoms with Crippen LogP contribution in [0.5, 0.6) is 0 Å². The molecule has 1 N–H and O–H groups in total. The van der Waals surface area contributed by atoms with Crippen molar-refractivity contribution in [3.8, 4) is 0 Å². The van der Waals surface area contributed by atoms with E-state index in [9.17, 15) is 4.79 Å². The summed E-state index contributed by atoms with van der Waals surface area (Å²) < 4.78 is 5.21. The maximum absolute atomic E-state index is 12.7. The highest BCUT2D eigenvalue weighted by atomic mass is 32.2. The second kappa shape index (κ2) is 8.01. The average molecular weight is 389 g/mol. The van der Waals surface area contributed by atoms with Crippen LogP contribution in [0.1, 0.15) is 52.1 Å². The van der Waals surface area contributed by atoms with Gasteiger partial charge in [0.25, 0.3) is 5.91 Å². The Morgan fingerprint density at radius 2 is 2.04 bits per heavy atom. The van der Waals surface area contributed by atoms with Crippen molar-refractivity contribution in [2.45, 2.75) is 44.3 Å². The van der Waals surface area contributed by atoms with Crippen LogP contribution in [0.3, 0.4) is 0 Å². The minimum Gasteiger partial charge on any atom is -0.361 e. The minimum atomic E-state index is -0.182. The molecule has 3 aromatic rings. The number of rotatable bonds is 6. The highest BCUT2D eigenvalue weighted by Crippen LogP contribution is 2.30. The van der Waals surface area contributed by atoms with Gasteiger partial charge in [-0.1, -0.05) is 42.5 Å². The van der Waals surface area contributed by atoms with Gasteiger partial charge in [0.2, 0.25) is 5.13 Å². The van der Waals surface area contributed by atoms with Crippen LogP contribution in [0.4, 0.5) is 5.13 Å². The van der Waals surface area contributed by atoms with Gasteiger partial charge in [0.1, 0.15) is 10.8 Å². The number of aromatic nitrogens is 3. The lowest BCUT2D eigenvalue weighted by atomic mass is 10.2. The van der Waals surface area contributed by atoms with Crippen molar-refractivity contribution >= 4 is 34.1 Å². The highest BCUT2D eigenvalue weighted by molar-refractivity contribution is 7.98. The van der Waals surface area contributed by atoms with E-state index >= 15 is 0 Å². The van der Waals surface area contributed by atoms with Gasteiger partial charge in [0, 0.05) is 22.1 Å². The topological polar surface area (TPSA) is 80.9 Å². The van der Waals surface area contributed by atoms with Crippen molar-refractivity contribution in [3.63, 3.8) is 0 Å². The average Bonchev–Trinajstić information content (AvgIpc) is 3.21. The SMILES string of the molecule is Cc1noc(C)c1CSc1ccccc1C(=O)Nc1nnc(C(C)C)s1. The van der Waals surface area contributed by atoms with Crippen LogP contribution >= 0.6 is 23.1 Å². The Morgan fingerprint density at radius 1 is 1.27 bits per heavy atom. The summed E-state index contributed by atoms with van der Waals surface area (Å²) in [5.41, 5.74) is 2.56.